The molecule has 0 atom stereocenters. The zero-order chi connectivity index (χ0) is 19.5. The molecule has 138 valence electrons. The van der Waals surface area contributed by atoms with Gasteiger partial charge in [-0.25, -0.2) is 9.59 Å². The maximum Gasteiger partial charge on any atom is 0.344 e. The lowest BCUT2D eigenvalue weighted by Gasteiger charge is -2.07. The van der Waals surface area contributed by atoms with E-state index in [2.05, 4.69) is 0 Å². The Morgan fingerprint density at radius 2 is 1.68 bits per heavy atom. The van der Waals surface area contributed by atoms with Crippen molar-refractivity contribution < 1.29 is 18.7 Å². The normalized spacial score (nSPS) is 10.6. The van der Waals surface area contributed by atoms with Gasteiger partial charge >= 0.3 is 11.6 Å². The van der Waals surface area contributed by atoms with E-state index in [0.717, 1.165) is 10.9 Å². The molecule has 4 aromatic rings. The molecule has 0 aliphatic heterocycles. The number of carbonyl (C=O) groups is 1. The highest BCUT2D eigenvalue weighted by Crippen LogP contribution is 2.25. The van der Waals surface area contributed by atoms with Crippen LogP contribution in [0.2, 0.25) is 0 Å². The van der Waals surface area contributed by atoms with E-state index in [0.29, 0.717) is 22.5 Å². The van der Waals surface area contributed by atoms with Crippen LogP contribution >= 0.6 is 0 Å². The molecule has 0 unspecified atom stereocenters. The van der Waals surface area contributed by atoms with Gasteiger partial charge in [-0.2, -0.15) is 0 Å². The van der Waals surface area contributed by atoms with Gasteiger partial charge in [0.05, 0.1) is 18.2 Å². The maximum atomic E-state index is 12.4. The molecule has 0 saturated heterocycles. The average Bonchev–Trinajstić information content (AvgIpc) is 2.74. The second kappa shape index (κ2) is 7.40. The summed E-state index contributed by atoms with van der Waals surface area (Å²) in [6, 6.07) is 22.7. The zero-order valence-electron chi connectivity index (χ0n) is 15.0. The Morgan fingerprint density at radius 1 is 0.857 bits per heavy atom. The third-order valence-corrected chi connectivity index (χ3v) is 4.31. The van der Waals surface area contributed by atoms with Crippen molar-refractivity contribution in [2.75, 3.05) is 7.11 Å². The molecule has 28 heavy (non-hydrogen) atoms. The molecule has 0 saturated carbocycles. The van der Waals surface area contributed by atoms with Crippen molar-refractivity contribution in [2.24, 2.45) is 0 Å². The molecule has 5 nitrogen and oxygen atoms in total. The number of fused-ring (bicyclic) bond motifs is 1. The van der Waals surface area contributed by atoms with Crippen LogP contribution in [-0.4, -0.2) is 13.1 Å². The first kappa shape index (κ1) is 17.5. The SMILES string of the molecule is COc1cccc(C(=O)Oc2ccc3cc(-c4ccccc4)c(=O)oc3c2)c1. The monoisotopic (exact) mass is 372 g/mol. The van der Waals surface area contributed by atoms with E-state index in [4.69, 9.17) is 13.9 Å². The first-order valence-electron chi connectivity index (χ1n) is 8.63. The minimum absolute atomic E-state index is 0.288. The Hall–Kier alpha value is -3.86. The first-order valence-corrected chi connectivity index (χ1v) is 8.63. The molecule has 0 aliphatic rings. The third-order valence-electron chi connectivity index (χ3n) is 4.31. The summed E-state index contributed by atoms with van der Waals surface area (Å²) in [6.07, 6.45) is 0. The van der Waals surface area contributed by atoms with Gasteiger partial charge in [0, 0.05) is 11.5 Å². The lowest BCUT2D eigenvalue weighted by molar-refractivity contribution is 0.0734. The van der Waals surface area contributed by atoms with Crippen molar-refractivity contribution in [1.29, 1.82) is 0 Å². The van der Waals surface area contributed by atoms with Gasteiger partial charge in [0.2, 0.25) is 0 Å². The summed E-state index contributed by atoms with van der Waals surface area (Å²) in [6.45, 7) is 0. The van der Waals surface area contributed by atoms with Crippen LogP contribution < -0.4 is 15.1 Å². The van der Waals surface area contributed by atoms with Gasteiger partial charge < -0.3 is 13.9 Å². The largest absolute Gasteiger partial charge is 0.497 e. The molecule has 0 radical (unpaired) electrons. The van der Waals surface area contributed by atoms with Crippen LogP contribution in [0.25, 0.3) is 22.1 Å². The fourth-order valence-electron chi connectivity index (χ4n) is 2.89. The molecule has 0 fully saturated rings. The second-order valence-corrected chi connectivity index (χ2v) is 6.13. The number of esters is 1. The van der Waals surface area contributed by atoms with Crippen molar-refractivity contribution in [3.05, 3.63) is 94.8 Å². The van der Waals surface area contributed by atoms with Gasteiger partial charge in [-0.1, -0.05) is 36.4 Å². The van der Waals surface area contributed by atoms with Gasteiger partial charge in [-0.15, -0.1) is 0 Å². The summed E-state index contributed by atoms with van der Waals surface area (Å²) in [7, 11) is 1.53. The average molecular weight is 372 g/mol. The Morgan fingerprint density at radius 3 is 2.46 bits per heavy atom. The van der Waals surface area contributed by atoms with E-state index in [1.165, 1.54) is 13.2 Å². The summed E-state index contributed by atoms with van der Waals surface area (Å²) in [5, 5.41) is 0.736. The topological polar surface area (TPSA) is 65.7 Å². The van der Waals surface area contributed by atoms with E-state index >= 15 is 0 Å². The van der Waals surface area contributed by atoms with Crippen LogP contribution in [0.3, 0.4) is 0 Å². The Balaban J connectivity index is 1.65. The molecule has 1 aromatic heterocycles. The summed E-state index contributed by atoms with van der Waals surface area (Å²) < 4.78 is 16.0. The molecule has 0 amide bonds. The van der Waals surface area contributed by atoms with Gasteiger partial charge in [-0.3, -0.25) is 0 Å². The molecular formula is C23H16O5. The summed E-state index contributed by atoms with van der Waals surface area (Å²) in [5.74, 6) is 0.324. The molecule has 4 rings (SSSR count). The van der Waals surface area contributed by atoms with Crippen molar-refractivity contribution in [3.8, 4) is 22.6 Å². The summed E-state index contributed by atoms with van der Waals surface area (Å²) >= 11 is 0. The van der Waals surface area contributed by atoms with E-state index in [9.17, 15) is 9.59 Å². The first-order chi connectivity index (χ1) is 13.6. The second-order valence-electron chi connectivity index (χ2n) is 6.13. The van der Waals surface area contributed by atoms with E-state index in [1.807, 2.05) is 30.3 Å². The van der Waals surface area contributed by atoms with Crippen molar-refractivity contribution in [3.63, 3.8) is 0 Å². The smallest absolute Gasteiger partial charge is 0.344 e. The predicted molar refractivity (Wildman–Crippen MR) is 106 cm³/mol. The molecule has 3 aromatic carbocycles. The van der Waals surface area contributed by atoms with Crippen LogP contribution in [0.5, 0.6) is 11.5 Å². The highest BCUT2D eigenvalue weighted by Gasteiger charge is 2.12. The Bertz CT molecular complexity index is 1210. The number of benzene rings is 3. The minimum atomic E-state index is -0.526. The van der Waals surface area contributed by atoms with Gasteiger partial charge in [0.25, 0.3) is 0 Å². The quantitative estimate of drug-likeness (QED) is 0.295. The van der Waals surface area contributed by atoms with Crippen molar-refractivity contribution >= 4 is 16.9 Å². The standard InChI is InChI=1S/C23H16O5/c1-26-18-9-5-8-17(12-18)22(24)27-19-11-10-16-13-20(15-6-3-2-4-7-15)23(25)28-21(16)14-19/h2-14H,1H3. The molecular weight excluding hydrogens is 356 g/mol. The molecule has 0 bridgehead atoms. The number of hydrogen-bond donors (Lipinski definition) is 0. The van der Waals surface area contributed by atoms with E-state index < -0.39 is 11.6 Å². The number of carbonyl (C=O) groups excluding carboxylic acids is 1. The molecule has 0 N–H and O–H groups in total. The highest BCUT2D eigenvalue weighted by atomic mass is 16.5. The summed E-state index contributed by atoms with van der Waals surface area (Å²) in [4.78, 5) is 24.7. The van der Waals surface area contributed by atoms with Crippen LogP contribution in [0.15, 0.2) is 88.1 Å². The van der Waals surface area contributed by atoms with Gasteiger partial charge in [0.15, 0.2) is 0 Å². The fourth-order valence-corrected chi connectivity index (χ4v) is 2.89. The number of methoxy groups -OCH3 is 1. The van der Waals surface area contributed by atoms with Crippen LogP contribution in [0, 0.1) is 0 Å². The van der Waals surface area contributed by atoms with Crippen molar-refractivity contribution in [2.45, 2.75) is 0 Å². The Labute approximate surface area is 160 Å². The molecule has 5 heteroatoms. The number of rotatable bonds is 4. The van der Waals surface area contributed by atoms with Crippen LogP contribution in [-0.2, 0) is 0 Å². The zero-order valence-corrected chi connectivity index (χ0v) is 15.0. The van der Waals surface area contributed by atoms with E-state index in [-0.39, 0.29) is 5.75 Å². The molecule has 0 spiro atoms. The van der Waals surface area contributed by atoms with E-state index in [1.54, 1.807) is 42.5 Å². The van der Waals surface area contributed by atoms with Gasteiger partial charge in [-0.05, 0) is 42.0 Å². The fraction of sp³-hybridized carbons (Fsp3) is 0.0435. The Kier molecular flexibility index (Phi) is 4.64. The number of hydrogen-bond acceptors (Lipinski definition) is 5. The van der Waals surface area contributed by atoms with Gasteiger partial charge in [0.1, 0.15) is 17.1 Å². The predicted octanol–water partition coefficient (Wildman–Crippen LogP) is 4.69. The summed E-state index contributed by atoms with van der Waals surface area (Å²) in [5.41, 5.74) is 1.52. The highest BCUT2D eigenvalue weighted by molar-refractivity contribution is 5.92. The number of ether oxygens (including phenoxy) is 2. The lowest BCUT2D eigenvalue weighted by Crippen LogP contribution is -2.08. The minimum Gasteiger partial charge on any atom is -0.497 e. The maximum absolute atomic E-state index is 12.4. The van der Waals surface area contributed by atoms with Crippen molar-refractivity contribution in [1.82, 2.24) is 0 Å². The molecule has 0 aliphatic carbocycles. The lowest BCUT2D eigenvalue weighted by atomic mass is 10.1. The molecule has 1 heterocycles. The van der Waals surface area contributed by atoms with Crippen LogP contribution in [0.1, 0.15) is 10.4 Å². The third kappa shape index (κ3) is 3.50. The van der Waals surface area contributed by atoms with Crippen LogP contribution in [0.4, 0.5) is 0 Å².